The molecule has 2 rings (SSSR count). The predicted molar refractivity (Wildman–Crippen MR) is 127 cm³/mol. The number of benzene rings is 2. The molecule has 2 amide bonds. The van der Waals surface area contributed by atoms with Gasteiger partial charge in [0.15, 0.2) is 0 Å². The van der Waals surface area contributed by atoms with E-state index in [-0.39, 0.29) is 24.7 Å². The normalized spacial score (nSPS) is 11.9. The van der Waals surface area contributed by atoms with Crippen molar-refractivity contribution in [3.63, 3.8) is 0 Å². The number of carbonyl (C=O) groups excluding carboxylic acids is 2. The van der Waals surface area contributed by atoms with Crippen LogP contribution < -0.4 is 10.9 Å². The summed E-state index contributed by atoms with van der Waals surface area (Å²) in [5.74, 6) is -0.606. The summed E-state index contributed by atoms with van der Waals surface area (Å²) in [4.78, 5) is 23.9. The van der Waals surface area contributed by atoms with Gasteiger partial charge in [0.25, 0.3) is 0 Å². The van der Waals surface area contributed by atoms with E-state index in [9.17, 15) is 9.59 Å². The maximum atomic E-state index is 11.9. The molecule has 6 nitrogen and oxygen atoms in total. The molecule has 0 fully saturated rings. The van der Waals surface area contributed by atoms with E-state index in [0.29, 0.717) is 37.9 Å². The van der Waals surface area contributed by atoms with Crippen LogP contribution in [0.25, 0.3) is 0 Å². The highest BCUT2D eigenvalue weighted by atomic mass is 35.5. The van der Waals surface area contributed by atoms with E-state index in [1.54, 1.807) is 50.2 Å². The van der Waals surface area contributed by atoms with E-state index < -0.39 is 0 Å². The first-order valence-corrected chi connectivity index (χ1v) is 10.8. The molecule has 0 aliphatic heterocycles. The van der Waals surface area contributed by atoms with Gasteiger partial charge >= 0.3 is 0 Å². The first-order chi connectivity index (χ1) is 14.7. The fourth-order valence-corrected chi connectivity index (χ4v) is 2.98. The summed E-state index contributed by atoms with van der Waals surface area (Å²) in [6.45, 7) is 3.48. The number of nitrogens with one attached hydrogen (secondary N) is 2. The SMILES string of the molecule is C/C(=N\NC(=O)CCCC(=O)N/N=C(\C)c1ccc(Cl)c(Cl)c1)c1ccc(Cl)c(Cl)c1. The molecule has 10 heteroatoms. The molecule has 31 heavy (non-hydrogen) atoms. The van der Waals surface area contributed by atoms with Crippen LogP contribution in [-0.4, -0.2) is 23.2 Å². The summed E-state index contributed by atoms with van der Waals surface area (Å²) in [7, 11) is 0. The third-order valence-electron chi connectivity index (χ3n) is 4.18. The monoisotopic (exact) mass is 500 g/mol. The van der Waals surface area contributed by atoms with Gasteiger partial charge in [0.2, 0.25) is 11.8 Å². The molecule has 164 valence electrons. The Labute approximate surface area is 200 Å². The van der Waals surface area contributed by atoms with Crippen LogP contribution in [0.5, 0.6) is 0 Å². The van der Waals surface area contributed by atoms with Crippen molar-refractivity contribution in [3.05, 3.63) is 67.6 Å². The number of hydrazone groups is 2. The van der Waals surface area contributed by atoms with Gasteiger partial charge in [-0.25, -0.2) is 10.9 Å². The molecule has 0 saturated carbocycles. The zero-order valence-electron chi connectivity index (χ0n) is 16.8. The Morgan fingerprint density at radius 3 is 1.45 bits per heavy atom. The van der Waals surface area contributed by atoms with Crippen LogP contribution in [0.2, 0.25) is 20.1 Å². The van der Waals surface area contributed by atoms with Crippen molar-refractivity contribution < 1.29 is 9.59 Å². The molecule has 0 spiro atoms. The van der Waals surface area contributed by atoms with E-state index in [1.165, 1.54) is 0 Å². The Morgan fingerprint density at radius 2 is 1.10 bits per heavy atom. The van der Waals surface area contributed by atoms with Crippen LogP contribution in [0.3, 0.4) is 0 Å². The average Bonchev–Trinajstić information content (AvgIpc) is 2.74. The number of amides is 2. The Morgan fingerprint density at radius 1 is 0.710 bits per heavy atom. The van der Waals surface area contributed by atoms with E-state index in [2.05, 4.69) is 21.1 Å². The quantitative estimate of drug-likeness (QED) is 0.351. The molecule has 0 bridgehead atoms. The average molecular weight is 502 g/mol. The fraction of sp³-hybridized carbons (Fsp3) is 0.238. The summed E-state index contributed by atoms with van der Waals surface area (Å²) in [5.41, 5.74) is 7.56. The van der Waals surface area contributed by atoms with Crippen LogP contribution in [0.1, 0.15) is 44.2 Å². The summed E-state index contributed by atoms with van der Waals surface area (Å²) in [6, 6.07) is 10.2. The van der Waals surface area contributed by atoms with Gasteiger partial charge in [0.05, 0.1) is 31.5 Å². The van der Waals surface area contributed by atoms with Gasteiger partial charge in [0, 0.05) is 12.8 Å². The minimum Gasteiger partial charge on any atom is -0.273 e. The number of hydrogen-bond acceptors (Lipinski definition) is 4. The van der Waals surface area contributed by atoms with Gasteiger partial charge in [0.1, 0.15) is 0 Å². The maximum absolute atomic E-state index is 11.9. The zero-order valence-corrected chi connectivity index (χ0v) is 19.8. The summed E-state index contributed by atoms with van der Waals surface area (Å²) in [6.07, 6.45) is 0.627. The molecule has 0 atom stereocenters. The van der Waals surface area contributed by atoms with Gasteiger partial charge in [-0.2, -0.15) is 10.2 Å². The maximum Gasteiger partial charge on any atom is 0.240 e. The molecule has 2 aromatic carbocycles. The molecule has 0 heterocycles. The van der Waals surface area contributed by atoms with Crippen molar-refractivity contribution in [2.24, 2.45) is 10.2 Å². The van der Waals surface area contributed by atoms with Crippen molar-refractivity contribution in [1.29, 1.82) is 0 Å². The standard InChI is InChI=1S/C21H20Cl4N4O2/c1-12(14-6-8-16(22)18(24)10-14)26-28-20(30)4-3-5-21(31)29-27-13(2)15-7-9-17(23)19(25)11-15/h6-11H,3-5H2,1-2H3,(H,28,30)(H,29,31)/b26-12+,27-13+. The van der Waals surface area contributed by atoms with E-state index >= 15 is 0 Å². The van der Waals surface area contributed by atoms with Crippen LogP contribution in [0, 0.1) is 0 Å². The Balaban J connectivity index is 1.76. The highest BCUT2D eigenvalue weighted by Gasteiger charge is 2.07. The van der Waals surface area contributed by atoms with Crippen molar-refractivity contribution in [2.45, 2.75) is 33.1 Å². The summed E-state index contributed by atoms with van der Waals surface area (Å²) in [5, 5.41) is 9.78. The van der Waals surface area contributed by atoms with Crippen molar-refractivity contribution in [3.8, 4) is 0 Å². The summed E-state index contributed by atoms with van der Waals surface area (Å²) >= 11 is 23.7. The van der Waals surface area contributed by atoms with Crippen molar-refractivity contribution >= 4 is 69.6 Å². The minimum absolute atomic E-state index is 0.140. The molecule has 0 aromatic heterocycles. The second kappa shape index (κ2) is 12.1. The summed E-state index contributed by atoms with van der Waals surface area (Å²) < 4.78 is 0. The van der Waals surface area contributed by atoms with E-state index in [0.717, 1.165) is 11.1 Å². The highest BCUT2D eigenvalue weighted by molar-refractivity contribution is 6.42. The lowest BCUT2D eigenvalue weighted by Crippen LogP contribution is -2.21. The molecule has 2 N–H and O–H groups in total. The van der Waals surface area contributed by atoms with Crippen LogP contribution in [-0.2, 0) is 9.59 Å². The second-order valence-corrected chi connectivity index (χ2v) is 8.20. The van der Waals surface area contributed by atoms with Gasteiger partial charge < -0.3 is 0 Å². The van der Waals surface area contributed by atoms with Gasteiger partial charge in [-0.3, -0.25) is 9.59 Å². The minimum atomic E-state index is -0.303. The predicted octanol–water partition coefficient (Wildman–Crippen LogP) is 5.85. The Hall–Kier alpha value is -2.12. The van der Waals surface area contributed by atoms with Gasteiger partial charge in [-0.15, -0.1) is 0 Å². The van der Waals surface area contributed by atoms with Crippen LogP contribution in [0.15, 0.2) is 46.6 Å². The first-order valence-electron chi connectivity index (χ1n) is 9.24. The Kier molecular flexibility index (Phi) is 9.78. The van der Waals surface area contributed by atoms with E-state index in [1.807, 2.05) is 0 Å². The topological polar surface area (TPSA) is 82.9 Å². The Bertz CT molecular complexity index is 957. The molecule has 0 unspecified atom stereocenters. The lowest BCUT2D eigenvalue weighted by molar-refractivity contribution is -0.122. The molecule has 0 aliphatic rings. The van der Waals surface area contributed by atoms with Crippen LogP contribution >= 0.6 is 46.4 Å². The van der Waals surface area contributed by atoms with E-state index in [4.69, 9.17) is 46.4 Å². The van der Waals surface area contributed by atoms with Crippen molar-refractivity contribution in [1.82, 2.24) is 10.9 Å². The van der Waals surface area contributed by atoms with Crippen molar-refractivity contribution in [2.75, 3.05) is 0 Å². The first kappa shape index (κ1) is 25.1. The smallest absolute Gasteiger partial charge is 0.240 e. The number of halogens is 4. The molecule has 0 aliphatic carbocycles. The molecular weight excluding hydrogens is 482 g/mol. The number of nitrogens with zero attached hydrogens (tertiary/aromatic N) is 2. The van der Waals surface area contributed by atoms with Gasteiger partial charge in [-0.1, -0.05) is 58.5 Å². The highest BCUT2D eigenvalue weighted by Crippen LogP contribution is 2.23. The largest absolute Gasteiger partial charge is 0.273 e. The van der Waals surface area contributed by atoms with Gasteiger partial charge in [-0.05, 0) is 55.7 Å². The number of carbonyl (C=O) groups is 2. The molecule has 0 saturated heterocycles. The molecular formula is C21H20Cl4N4O2. The molecule has 0 radical (unpaired) electrons. The fourth-order valence-electron chi connectivity index (χ4n) is 2.39. The third kappa shape index (κ3) is 8.15. The third-order valence-corrected chi connectivity index (χ3v) is 5.66. The number of rotatable bonds is 8. The lowest BCUT2D eigenvalue weighted by atomic mass is 10.1. The second-order valence-electron chi connectivity index (χ2n) is 6.58. The zero-order chi connectivity index (χ0) is 23.0. The number of hydrogen-bond donors (Lipinski definition) is 2. The molecule has 2 aromatic rings. The van der Waals surface area contributed by atoms with Crippen LogP contribution in [0.4, 0.5) is 0 Å². The lowest BCUT2D eigenvalue weighted by Gasteiger charge is -2.05.